The molecule has 5 aromatic carbocycles. The van der Waals surface area contributed by atoms with Gasteiger partial charge in [0.25, 0.3) is 5.56 Å². The average molecular weight is 662 g/mol. The fourth-order valence-corrected chi connectivity index (χ4v) is 6.84. The van der Waals surface area contributed by atoms with Crippen LogP contribution in [0.15, 0.2) is 114 Å². The quantitative estimate of drug-likeness (QED) is 0.167. The van der Waals surface area contributed by atoms with Crippen molar-refractivity contribution < 1.29 is 9.47 Å². The van der Waals surface area contributed by atoms with E-state index in [1.807, 2.05) is 87.5 Å². The van der Waals surface area contributed by atoms with Crippen molar-refractivity contribution in [2.75, 3.05) is 6.61 Å². The molecule has 0 fully saturated rings. The van der Waals surface area contributed by atoms with Crippen LogP contribution in [-0.4, -0.2) is 36.3 Å². The van der Waals surface area contributed by atoms with E-state index in [1.54, 1.807) is 0 Å². The van der Waals surface area contributed by atoms with Gasteiger partial charge in [0.05, 0.1) is 28.6 Å². The van der Waals surface area contributed by atoms with Gasteiger partial charge in [-0.25, -0.2) is 9.97 Å². The number of ether oxygens (including phenoxy) is 2. The average Bonchev–Trinajstić information content (AvgIpc) is 3.62. The van der Waals surface area contributed by atoms with Crippen LogP contribution >= 0.6 is 0 Å². The van der Waals surface area contributed by atoms with Crippen molar-refractivity contribution in [3.05, 3.63) is 131 Å². The normalized spacial score (nSPS) is 12.0. The molecular formula is C42H39N5O3. The van der Waals surface area contributed by atoms with Crippen LogP contribution in [0.3, 0.4) is 0 Å². The number of aryl methyl sites for hydroxylation is 1. The second-order valence-electron chi connectivity index (χ2n) is 13.6. The smallest absolute Gasteiger partial charge is 0.270 e. The number of H-pyrrole nitrogens is 1. The SMILES string of the molecule is CCn1c2ccccc2c2cc(-c3nc4cc5[nH]c(=O)c(Cc6ccc(OC(C)(C)C)cc6)nc5cc4n3CCOc3ccccc3)ccc21. The number of aromatic nitrogens is 5. The van der Waals surface area contributed by atoms with Gasteiger partial charge in [0.1, 0.15) is 35.2 Å². The third-order valence-electron chi connectivity index (χ3n) is 9.02. The molecule has 3 aromatic heterocycles. The maximum atomic E-state index is 13.3. The van der Waals surface area contributed by atoms with Crippen molar-refractivity contribution in [1.82, 2.24) is 24.1 Å². The predicted octanol–water partition coefficient (Wildman–Crippen LogP) is 8.91. The summed E-state index contributed by atoms with van der Waals surface area (Å²) in [5.41, 5.74) is 7.44. The fourth-order valence-electron chi connectivity index (χ4n) is 6.84. The molecule has 0 bridgehead atoms. The number of hydrogen-bond acceptors (Lipinski definition) is 5. The molecule has 8 heteroatoms. The van der Waals surface area contributed by atoms with Crippen LogP contribution in [0.2, 0.25) is 0 Å². The lowest BCUT2D eigenvalue weighted by Crippen LogP contribution is -2.22. The van der Waals surface area contributed by atoms with Gasteiger partial charge in [-0.2, -0.15) is 0 Å². The summed E-state index contributed by atoms with van der Waals surface area (Å²) in [4.78, 5) is 26.4. The maximum absolute atomic E-state index is 13.3. The Morgan fingerprint density at radius 1 is 0.720 bits per heavy atom. The van der Waals surface area contributed by atoms with Crippen LogP contribution in [0.4, 0.5) is 0 Å². The van der Waals surface area contributed by atoms with Crippen LogP contribution in [0.25, 0.3) is 55.3 Å². The van der Waals surface area contributed by atoms with Crippen molar-refractivity contribution in [1.29, 1.82) is 0 Å². The zero-order valence-corrected chi connectivity index (χ0v) is 28.7. The third-order valence-corrected chi connectivity index (χ3v) is 9.02. The molecule has 8 rings (SSSR count). The van der Waals surface area contributed by atoms with Crippen molar-refractivity contribution >= 4 is 43.9 Å². The first kappa shape index (κ1) is 31.4. The number of aromatic amines is 1. The van der Waals surface area contributed by atoms with E-state index in [9.17, 15) is 4.79 Å². The molecule has 8 nitrogen and oxygen atoms in total. The van der Waals surface area contributed by atoms with E-state index in [1.165, 1.54) is 21.8 Å². The summed E-state index contributed by atoms with van der Waals surface area (Å²) in [7, 11) is 0. The molecule has 8 aromatic rings. The van der Waals surface area contributed by atoms with Crippen molar-refractivity contribution in [3.63, 3.8) is 0 Å². The summed E-state index contributed by atoms with van der Waals surface area (Å²) < 4.78 is 16.7. The summed E-state index contributed by atoms with van der Waals surface area (Å²) in [6.07, 6.45) is 0.403. The topological polar surface area (TPSA) is 87.0 Å². The molecule has 0 unspecified atom stereocenters. The van der Waals surface area contributed by atoms with Gasteiger partial charge in [-0.1, -0.05) is 48.5 Å². The molecule has 50 heavy (non-hydrogen) atoms. The first-order chi connectivity index (χ1) is 24.2. The third kappa shape index (κ3) is 5.98. The number of imidazole rings is 1. The van der Waals surface area contributed by atoms with Gasteiger partial charge in [0.2, 0.25) is 0 Å². The highest BCUT2D eigenvalue weighted by Gasteiger charge is 2.18. The molecule has 0 atom stereocenters. The fraction of sp³-hybridized carbons (Fsp3) is 0.214. The zero-order valence-electron chi connectivity index (χ0n) is 28.7. The van der Waals surface area contributed by atoms with Gasteiger partial charge in [0, 0.05) is 40.3 Å². The van der Waals surface area contributed by atoms with Gasteiger partial charge < -0.3 is 23.6 Å². The summed E-state index contributed by atoms with van der Waals surface area (Å²) in [6.45, 7) is 10.1. The molecule has 0 saturated carbocycles. The minimum atomic E-state index is -0.286. The Hall–Kier alpha value is -5.89. The van der Waals surface area contributed by atoms with Crippen molar-refractivity contribution in [2.24, 2.45) is 0 Å². The lowest BCUT2D eigenvalue weighted by Gasteiger charge is -2.21. The van der Waals surface area contributed by atoms with E-state index in [2.05, 4.69) is 63.5 Å². The second-order valence-corrected chi connectivity index (χ2v) is 13.6. The Morgan fingerprint density at radius 3 is 2.26 bits per heavy atom. The lowest BCUT2D eigenvalue weighted by molar-refractivity contribution is 0.131. The molecule has 0 aliphatic carbocycles. The molecule has 3 heterocycles. The highest BCUT2D eigenvalue weighted by atomic mass is 16.5. The van der Waals surface area contributed by atoms with E-state index < -0.39 is 0 Å². The number of nitrogens with one attached hydrogen (secondary N) is 1. The highest BCUT2D eigenvalue weighted by Crippen LogP contribution is 2.34. The van der Waals surface area contributed by atoms with Crippen molar-refractivity contribution in [2.45, 2.75) is 52.8 Å². The van der Waals surface area contributed by atoms with E-state index >= 15 is 0 Å². The summed E-state index contributed by atoms with van der Waals surface area (Å²) >= 11 is 0. The molecule has 250 valence electrons. The minimum Gasteiger partial charge on any atom is -0.492 e. The molecule has 0 amide bonds. The Morgan fingerprint density at radius 2 is 1.48 bits per heavy atom. The number of rotatable bonds is 9. The van der Waals surface area contributed by atoms with Gasteiger partial charge in [-0.05, 0) is 93.9 Å². The van der Waals surface area contributed by atoms with E-state index in [0.717, 1.165) is 46.0 Å². The largest absolute Gasteiger partial charge is 0.492 e. The van der Waals surface area contributed by atoms with Crippen LogP contribution in [-0.2, 0) is 19.5 Å². The van der Waals surface area contributed by atoms with Gasteiger partial charge in [-0.3, -0.25) is 4.79 Å². The van der Waals surface area contributed by atoms with E-state index in [4.69, 9.17) is 19.4 Å². The second kappa shape index (κ2) is 12.5. The highest BCUT2D eigenvalue weighted by molar-refractivity contribution is 6.09. The van der Waals surface area contributed by atoms with Crippen LogP contribution in [0, 0.1) is 0 Å². The van der Waals surface area contributed by atoms with Crippen LogP contribution in [0.5, 0.6) is 11.5 Å². The first-order valence-electron chi connectivity index (χ1n) is 17.1. The molecular weight excluding hydrogens is 622 g/mol. The molecule has 0 aliphatic heterocycles. The van der Waals surface area contributed by atoms with Gasteiger partial charge in [-0.15, -0.1) is 0 Å². The number of nitrogens with zero attached hydrogens (tertiary/aromatic N) is 4. The maximum Gasteiger partial charge on any atom is 0.270 e. The monoisotopic (exact) mass is 661 g/mol. The number of fused-ring (bicyclic) bond motifs is 5. The Kier molecular flexibility index (Phi) is 7.86. The standard InChI is InChI=1S/C42H39N5O3/c1-5-46-37-14-10-9-13-31(37)32-24-28(17-20-38(32)46)40-44-35-25-33-34(26-39(35)47(40)21-22-49-29-11-7-6-8-12-29)43-36(41(48)45-33)23-27-15-18-30(19-16-27)50-42(2,3)4/h6-20,24-26H,5,21-23H2,1-4H3,(H,45,48). The van der Waals surface area contributed by atoms with Crippen LogP contribution in [0.1, 0.15) is 39.0 Å². The minimum absolute atomic E-state index is 0.208. The Bertz CT molecular complexity index is 2560. The number of para-hydroxylation sites is 2. The number of benzene rings is 5. The van der Waals surface area contributed by atoms with E-state index in [-0.39, 0.29) is 11.2 Å². The zero-order chi connectivity index (χ0) is 34.4. The summed E-state index contributed by atoms with van der Waals surface area (Å²) in [5, 5.41) is 2.41. The Balaban J connectivity index is 1.21. The molecule has 0 saturated heterocycles. The van der Waals surface area contributed by atoms with Gasteiger partial charge >= 0.3 is 0 Å². The number of hydrogen-bond donors (Lipinski definition) is 1. The van der Waals surface area contributed by atoms with Crippen molar-refractivity contribution in [3.8, 4) is 22.9 Å². The molecule has 0 aliphatic rings. The summed E-state index contributed by atoms with van der Waals surface area (Å²) in [6, 6.07) is 36.8. The van der Waals surface area contributed by atoms with Gasteiger partial charge in [0.15, 0.2) is 0 Å². The lowest BCUT2D eigenvalue weighted by atomic mass is 10.1. The first-order valence-corrected chi connectivity index (χ1v) is 17.1. The molecule has 1 N–H and O–H groups in total. The molecule has 0 spiro atoms. The predicted molar refractivity (Wildman–Crippen MR) is 201 cm³/mol. The van der Waals surface area contributed by atoms with Crippen LogP contribution < -0.4 is 15.0 Å². The Labute approximate surface area is 289 Å². The molecule has 0 radical (unpaired) electrons. The van der Waals surface area contributed by atoms with E-state index in [0.29, 0.717) is 36.3 Å². The summed E-state index contributed by atoms with van der Waals surface area (Å²) in [5.74, 6) is 2.45.